The minimum absolute atomic E-state index is 0.144. The number of hydrogen-bond donors (Lipinski definition) is 2. The molecule has 2 heterocycles. The molecule has 146 valence electrons. The van der Waals surface area contributed by atoms with E-state index in [0.717, 1.165) is 41.7 Å². The fourth-order valence-corrected chi connectivity index (χ4v) is 3.84. The fraction of sp³-hybridized carbons (Fsp3) is 0.524. The summed E-state index contributed by atoms with van der Waals surface area (Å²) >= 11 is 0. The molecule has 3 rings (SSSR count). The fourth-order valence-electron chi connectivity index (χ4n) is 3.84. The Kier molecular flexibility index (Phi) is 5.44. The Bertz CT molecular complexity index is 806. The first kappa shape index (κ1) is 19.3. The smallest absolute Gasteiger partial charge is 0.191 e. The highest BCUT2D eigenvalue weighted by molar-refractivity contribution is 5.80. The lowest BCUT2D eigenvalue weighted by Crippen LogP contribution is -2.46. The number of fused-ring (bicyclic) bond motifs is 1. The van der Waals surface area contributed by atoms with Crippen molar-refractivity contribution in [2.75, 3.05) is 13.6 Å². The van der Waals surface area contributed by atoms with Crippen molar-refractivity contribution in [3.63, 3.8) is 0 Å². The van der Waals surface area contributed by atoms with Crippen LogP contribution in [0.2, 0.25) is 0 Å². The molecule has 0 spiro atoms. The topological polar surface area (TPSA) is 71.7 Å². The molecule has 2 unspecified atom stereocenters. The van der Waals surface area contributed by atoms with Gasteiger partial charge in [-0.1, -0.05) is 30.3 Å². The van der Waals surface area contributed by atoms with Crippen molar-refractivity contribution in [2.45, 2.75) is 58.6 Å². The van der Waals surface area contributed by atoms with Crippen molar-refractivity contribution in [1.29, 1.82) is 0 Å². The number of guanidine groups is 1. The van der Waals surface area contributed by atoms with Gasteiger partial charge in [-0.25, -0.2) is 0 Å². The average molecular weight is 370 g/mol. The lowest BCUT2D eigenvalue weighted by Gasteiger charge is -2.38. The number of nitrogens with zero attached hydrogens (tertiary/aromatic N) is 2. The number of rotatable bonds is 4. The molecule has 1 aromatic heterocycles. The van der Waals surface area contributed by atoms with Crippen LogP contribution in [0.15, 0.2) is 33.8 Å². The van der Waals surface area contributed by atoms with E-state index in [1.165, 1.54) is 5.56 Å². The molecule has 6 nitrogen and oxygen atoms in total. The van der Waals surface area contributed by atoms with Crippen LogP contribution in [0.4, 0.5) is 0 Å². The van der Waals surface area contributed by atoms with Crippen LogP contribution in [0.1, 0.15) is 61.7 Å². The van der Waals surface area contributed by atoms with E-state index < -0.39 is 0 Å². The summed E-state index contributed by atoms with van der Waals surface area (Å²) in [5, 5.41) is 11.1. The van der Waals surface area contributed by atoms with Crippen molar-refractivity contribution in [3.8, 4) is 5.75 Å². The van der Waals surface area contributed by atoms with Crippen molar-refractivity contribution < 1.29 is 9.26 Å². The summed E-state index contributed by atoms with van der Waals surface area (Å²) in [4.78, 5) is 4.42. The van der Waals surface area contributed by atoms with Gasteiger partial charge in [0.15, 0.2) is 5.96 Å². The number of para-hydroxylation sites is 1. The van der Waals surface area contributed by atoms with Crippen LogP contribution in [-0.4, -0.2) is 30.3 Å². The van der Waals surface area contributed by atoms with Crippen LogP contribution in [0.3, 0.4) is 0 Å². The van der Waals surface area contributed by atoms with Gasteiger partial charge in [0.25, 0.3) is 0 Å². The number of aliphatic imine (C=N–C) groups is 1. The van der Waals surface area contributed by atoms with Gasteiger partial charge in [-0.05, 0) is 33.8 Å². The zero-order chi connectivity index (χ0) is 19.6. The predicted octanol–water partition coefficient (Wildman–Crippen LogP) is 3.86. The third-order valence-corrected chi connectivity index (χ3v) is 5.07. The maximum Gasteiger partial charge on any atom is 0.191 e. The Labute approximate surface area is 161 Å². The zero-order valence-corrected chi connectivity index (χ0v) is 17.1. The Balaban J connectivity index is 1.69. The maximum atomic E-state index is 6.12. The first-order chi connectivity index (χ1) is 12.8. The highest BCUT2D eigenvalue weighted by Gasteiger charge is 2.34. The molecule has 0 fully saturated rings. The summed E-state index contributed by atoms with van der Waals surface area (Å²) in [7, 11) is 1.80. The van der Waals surface area contributed by atoms with Crippen LogP contribution < -0.4 is 15.4 Å². The molecule has 27 heavy (non-hydrogen) atoms. The highest BCUT2D eigenvalue weighted by atomic mass is 16.5. The van der Waals surface area contributed by atoms with Crippen LogP contribution in [0.25, 0.3) is 0 Å². The van der Waals surface area contributed by atoms with Gasteiger partial charge >= 0.3 is 0 Å². The van der Waals surface area contributed by atoms with Crippen molar-refractivity contribution in [3.05, 3.63) is 46.8 Å². The molecule has 0 amide bonds. The Morgan fingerprint density at radius 3 is 2.74 bits per heavy atom. The van der Waals surface area contributed by atoms with Crippen LogP contribution in [-0.2, 0) is 0 Å². The molecule has 1 aliphatic rings. The van der Waals surface area contributed by atoms with Gasteiger partial charge in [-0.15, -0.1) is 0 Å². The molecule has 2 N–H and O–H groups in total. The third-order valence-electron chi connectivity index (χ3n) is 5.07. The summed E-state index contributed by atoms with van der Waals surface area (Å²) in [6, 6.07) is 8.34. The predicted molar refractivity (Wildman–Crippen MR) is 107 cm³/mol. The molecule has 2 atom stereocenters. The van der Waals surface area contributed by atoms with Crippen LogP contribution in [0, 0.1) is 13.8 Å². The number of aromatic nitrogens is 1. The second-order valence-corrected chi connectivity index (χ2v) is 7.89. The van der Waals surface area contributed by atoms with E-state index in [0.29, 0.717) is 0 Å². The normalized spacial score (nSPS) is 19.8. The molecular formula is C21H30N4O2. The van der Waals surface area contributed by atoms with Gasteiger partial charge in [-0.2, -0.15) is 0 Å². The second-order valence-electron chi connectivity index (χ2n) is 7.89. The second kappa shape index (κ2) is 7.62. The molecular weight excluding hydrogens is 340 g/mol. The van der Waals surface area contributed by atoms with Gasteiger partial charge in [-0.3, -0.25) is 4.99 Å². The van der Waals surface area contributed by atoms with E-state index in [4.69, 9.17) is 9.26 Å². The maximum absolute atomic E-state index is 6.12. The van der Waals surface area contributed by atoms with E-state index >= 15 is 0 Å². The van der Waals surface area contributed by atoms with Gasteiger partial charge in [0.1, 0.15) is 17.1 Å². The van der Waals surface area contributed by atoms with E-state index in [-0.39, 0.29) is 17.6 Å². The number of hydrogen-bond acceptors (Lipinski definition) is 4. The molecule has 0 aliphatic carbocycles. The number of ether oxygens (including phenoxy) is 1. The first-order valence-electron chi connectivity index (χ1n) is 9.48. The molecule has 0 saturated carbocycles. The number of benzene rings is 1. The van der Waals surface area contributed by atoms with Crippen molar-refractivity contribution in [1.82, 2.24) is 15.8 Å². The quantitative estimate of drug-likeness (QED) is 0.632. The van der Waals surface area contributed by atoms with Crippen molar-refractivity contribution in [2.24, 2.45) is 4.99 Å². The monoisotopic (exact) mass is 370 g/mol. The largest absolute Gasteiger partial charge is 0.487 e. The number of aryl methyl sites for hydroxylation is 2. The van der Waals surface area contributed by atoms with E-state index in [2.05, 4.69) is 47.6 Å². The average Bonchev–Trinajstić information content (AvgIpc) is 2.95. The molecule has 6 heteroatoms. The molecule has 0 bridgehead atoms. The summed E-state index contributed by atoms with van der Waals surface area (Å²) in [6.07, 6.45) is 0.865. The SMILES string of the molecule is CN=C(NCC(C)c1c(C)noc1C)NC1CC(C)(C)Oc2ccccc21. The Hall–Kier alpha value is -2.50. The Morgan fingerprint density at radius 1 is 1.33 bits per heavy atom. The molecule has 1 aliphatic heterocycles. The van der Waals surface area contributed by atoms with Gasteiger partial charge in [0, 0.05) is 37.1 Å². The minimum Gasteiger partial charge on any atom is -0.487 e. The first-order valence-corrected chi connectivity index (χ1v) is 9.48. The van der Waals surface area contributed by atoms with Gasteiger partial charge < -0.3 is 19.9 Å². The molecule has 1 aromatic carbocycles. The standard InChI is InChI=1S/C21H30N4O2/c1-13(19-14(2)25-27-15(19)3)12-23-20(22-6)24-17-11-21(4,5)26-18-10-8-7-9-16(17)18/h7-10,13,17H,11-12H2,1-6H3,(H2,22,23,24). The minimum atomic E-state index is -0.227. The summed E-state index contributed by atoms with van der Waals surface area (Å²) in [5.41, 5.74) is 3.05. The lowest BCUT2D eigenvalue weighted by molar-refractivity contribution is 0.0694. The zero-order valence-electron chi connectivity index (χ0n) is 17.1. The van der Waals surface area contributed by atoms with Gasteiger partial charge in [0.05, 0.1) is 11.7 Å². The number of nitrogens with one attached hydrogen (secondary N) is 2. The van der Waals surface area contributed by atoms with Crippen LogP contribution >= 0.6 is 0 Å². The molecule has 0 saturated heterocycles. The summed E-state index contributed by atoms with van der Waals surface area (Å²) in [5.74, 6) is 2.87. The van der Waals surface area contributed by atoms with Crippen LogP contribution in [0.5, 0.6) is 5.75 Å². The third kappa shape index (κ3) is 4.26. The van der Waals surface area contributed by atoms with E-state index in [1.807, 2.05) is 32.0 Å². The van der Waals surface area contributed by atoms with E-state index in [1.54, 1.807) is 7.05 Å². The van der Waals surface area contributed by atoms with E-state index in [9.17, 15) is 0 Å². The van der Waals surface area contributed by atoms with Gasteiger partial charge in [0.2, 0.25) is 0 Å². The van der Waals surface area contributed by atoms with Crippen molar-refractivity contribution >= 4 is 5.96 Å². The molecule has 0 radical (unpaired) electrons. The summed E-state index contributed by atoms with van der Waals surface area (Å²) in [6.45, 7) is 11.1. The lowest BCUT2D eigenvalue weighted by atomic mass is 9.90. The molecule has 2 aromatic rings. The summed E-state index contributed by atoms with van der Waals surface area (Å²) < 4.78 is 11.4. The highest BCUT2D eigenvalue weighted by Crippen LogP contribution is 2.39. The Morgan fingerprint density at radius 2 is 2.07 bits per heavy atom.